The number of halogens is 1. The minimum absolute atomic E-state index is 0.0593. The summed E-state index contributed by atoms with van der Waals surface area (Å²) >= 11 is 3.46. The number of hydrogen-bond acceptors (Lipinski definition) is 5. The lowest BCUT2D eigenvalue weighted by Crippen LogP contribution is -2.34. The predicted octanol–water partition coefficient (Wildman–Crippen LogP) is 3.00. The third kappa shape index (κ3) is 3.08. The molecule has 0 bridgehead atoms. The van der Waals surface area contributed by atoms with E-state index >= 15 is 0 Å². The molecule has 3 rings (SSSR count). The molecule has 2 atom stereocenters. The lowest BCUT2D eigenvalue weighted by atomic mass is 9.68. The SMILES string of the molecule is COc1cc(Br)c2c(c1OC(C)=O)C1=CC(=O)CC[C@@H]1[C@@H](C(=O)O)C2. The normalized spacial score (nSPS) is 21.7. The lowest BCUT2D eigenvalue weighted by molar-refractivity contribution is -0.143. The molecule has 0 amide bonds. The van der Waals surface area contributed by atoms with Crippen LogP contribution in [0.15, 0.2) is 16.6 Å². The van der Waals surface area contributed by atoms with Gasteiger partial charge in [-0.3, -0.25) is 14.4 Å². The number of aliphatic carboxylic acids is 1. The first-order chi connectivity index (χ1) is 11.8. The number of ether oxygens (including phenoxy) is 2. The number of carbonyl (C=O) groups is 3. The van der Waals surface area contributed by atoms with Crippen molar-refractivity contribution in [1.29, 1.82) is 0 Å². The number of carboxylic acids is 1. The van der Waals surface area contributed by atoms with Gasteiger partial charge in [-0.15, -0.1) is 0 Å². The predicted molar refractivity (Wildman–Crippen MR) is 92.5 cm³/mol. The van der Waals surface area contributed by atoms with Crippen molar-refractivity contribution >= 4 is 39.2 Å². The Morgan fingerprint density at radius 2 is 2.08 bits per heavy atom. The van der Waals surface area contributed by atoms with Crippen LogP contribution in [-0.2, 0) is 20.8 Å². The first-order valence-electron chi connectivity index (χ1n) is 7.88. The van der Waals surface area contributed by atoms with Crippen molar-refractivity contribution in [3.05, 3.63) is 27.7 Å². The van der Waals surface area contributed by atoms with Crippen molar-refractivity contribution in [3.8, 4) is 11.5 Å². The summed E-state index contributed by atoms with van der Waals surface area (Å²) in [5.74, 6) is -1.79. The molecule has 1 aromatic rings. The largest absolute Gasteiger partial charge is 0.493 e. The smallest absolute Gasteiger partial charge is 0.308 e. The summed E-state index contributed by atoms with van der Waals surface area (Å²) in [6.45, 7) is 1.29. The zero-order valence-electron chi connectivity index (χ0n) is 13.8. The number of esters is 1. The molecule has 0 saturated carbocycles. The van der Waals surface area contributed by atoms with E-state index in [0.717, 1.165) is 0 Å². The lowest BCUT2D eigenvalue weighted by Gasteiger charge is -2.36. The van der Waals surface area contributed by atoms with Gasteiger partial charge in [0.1, 0.15) is 0 Å². The highest BCUT2D eigenvalue weighted by Gasteiger charge is 2.42. The highest BCUT2D eigenvalue weighted by molar-refractivity contribution is 9.10. The second kappa shape index (κ2) is 6.63. The first-order valence-corrected chi connectivity index (χ1v) is 8.68. The fraction of sp³-hybridized carbons (Fsp3) is 0.389. The van der Waals surface area contributed by atoms with Crippen LogP contribution in [0.1, 0.15) is 30.9 Å². The van der Waals surface area contributed by atoms with Crippen LogP contribution in [0.2, 0.25) is 0 Å². The number of carboxylic acid groups (broad SMARTS) is 1. The maximum absolute atomic E-state index is 12.0. The topological polar surface area (TPSA) is 89.9 Å². The van der Waals surface area contributed by atoms with Gasteiger partial charge in [-0.25, -0.2) is 0 Å². The Labute approximate surface area is 152 Å². The maximum Gasteiger partial charge on any atom is 0.308 e. The number of allylic oxidation sites excluding steroid dienone is 2. The monoisotopic (exact) mass is 408 g/mol. The zero-order chi connectivity index (χ0) is 18.3. The van der Waals surface area contributed by atoms with Crippen LogP contribution in [0.4, 0.5) is 0 Å². The van der Waals surface area contributed by atoms with Crippen LogP contribution < -0.4 is 9.47 Å². The second-order valence-corrected chi connectivity index (χ2v) is 7.05. The fourth-order valence-corrected chi connectivity index (χ4v) is 4.22. The van der Waals surface area contributed by atoms with E-state index in [1.807, 2.05) is 0 Å². The third-order valence-electron chi connectivity index (χ3n) is 4.70. The molecule has 6 nitrogen and oxygen atoms in total. The van der Waals surface area contributed by atoms with E-state index < -0.39 is 17.9 Å². The Kier molecular flexibility index (Phi) is 4.69. The van der Waals surface area contributed by atoms with Crippen LogP contribution in [-0.4, -0.2) is 29.9 Å². The average molecular weight is 409 g/mol. The minimum Gasteiger partial charge on any atom is -0.493 e. The molecule has 25 heavy (non-hydrogen) atoms. The standard InChI is InChI=1S/C18H17BrO6/c1-8(20)25-17-15(24-2)7-14(19)13-6-12(18(22)23)10-4-3-9(21)5-11(10)16(13)17/h5,7,10,12H,3-4,6H2,1-2H3,(H,22,23)/t10-,12-/m0/s1. The molecular weight excluding hydrogens is 392 g/mol. The Balaban J connectivity index is 2.31. The summed E-state index contributed by atoms with van der Waals surface area (Å²) in [4.78, 5) is 35.3. The molecule has 7 heteroatoms. The number of fused-ring (bicyclic) bond motifs is 3. The molecule has 0 unspecified atom stereocenters. The van der Waals surface area contributed by atoms with Crippen molar-refractivity contribution in [3.63, 3.8) is 0 Å². The number of benzene rings is 1. The number of carbonyl (C=O) groups excluding carboxylic acids is 2. The fourth-order valence-electron chi connectivity index (χ4n) is 3.65. The molecule has 1 aromatic carbocycles. The third-order valence-corrected chi connectivity index (χ3v) is 5.41. The number of ketones is 1. The maximum atomic E-state index is 12.0. The van der Waals surface area contributed by atoms with E-state index in [-0.39, 0.29) is 17.5 Å². The van der Waals surface area contributed by atoms with Crippen LogP contribution in [0.3, 0.4) is 0 Å². The molecule has 132 valence electrons. The van der Waals surface area contributed by atoms with Gasteiger partial charge in [0, 0.05) is 23.4 Å². The van der Waals surface area contributed by atoms with Crippen LogP contribution >= 0.6 is 15.9 Å². The average Bonchev–Trinajstić information content (AvgIpc) is 2.55. The second-order valence-electron chi connectivity index (χ2n) is 6.20. The number of rotatable bonds is 3. The van der Waals surface area contributed by atoms with E-state index in [9.17, 15) is 19.5 Å². The summed E-state index contributed by atoms with van der Waals surface area (Å²) in [7, 11) is 1.46. The van der Waals surface area contributed by atoms with Gasteiger partial charge in [-0.1, -0.05) is 15.9 Å². The van der Waals surface area contributed by atoms with Gasteiger partial charge in [-0.05, 0) is 42.0 Å². The summed E-state index contributed by atoms with van der Waals surface area (Å²) in [5, 5.41) is 9.64. The van der Waals surface area contributed by atoms with Gasteiger partial charge in [0.2, 0.25) is 0 Å². The Hall–Kier alpha value is -2.15. The van der Waals surface area contributed by atoms with E-state index in [4.69, 9.17) is 9.47 Å². The Morgan fingerprint density at radius 3 is 2.68 bits per heavy atom. The number of hydrogen-bond donors (Lipinski definition) is 1. The van der Waals surface area contributed by atoms with Crippen molar-refractivity contribution in [1.82, 2.24) is 0 Å². The van der Waals surface area contributed by atoms with Gasteiger partial charge < -0.3 is 14.6 Å². The summed E-state index contributed by atoms with van der Waals surface area (Å²) in [5.41, 5.74) is 1.92. The van der Waals surface area contributed by atoms with Crippen molar-refractivity contribution < 1.29 is 29.0 Å². The molecular formula is C18H17BrO6. The molecule has 0 spiro atoms. The zero-order valence-corrected chi connectivity index (χ0v) is 15.4. The number of methoxy groups -OCH3 is 1. The highest BCUT2D eigenvalue weighted by Crippen LogP contribution is 2.52. The van der Waals surface area contributed by atoms with Gasteiger partial charge in [-0.2, -0.15) is 0 Å². The van der Waals surface area contributed by atoms with Crippen molar-refractivity contribution in [2.75, 3.05) is 7.11 Å². The van der Waals surface area contributed by atoms with Gasteiger partial charge in [0.05, 0.1) is 13.0 Å². The Bertz CT molecular complexity index is 810. The van der Waals surface area contributed by atoms with Gasteiger partial charge in [0.15, 0.2) is 17.3 Å². The minimum atomic E-state index is -0.896. The van der Waals surface area contributed by atoms with E-state index in [1.54, 1.807) is 6.07 Å². The van der Waals surface area contributed by atoms with Crippen LogP contribution in [0.25, 0.3) is 5.57 Å². The molecule has 0 heterocycles. The molecule has 0 saturated heterocycles. The summed E-state index contributed by atoms with van der Waals surface area (Å²) < 4.78 is 11.4. The quantitative estimate of drug-likeness (QED) is 0.610. The highest BCUT2D eigenvalue weighted by atomic mass is 79.9. The molecule has 1 N–H and O–H groups in total. The molecule has 0 aromatic heterocycles. The van der Waals surface area contributed by atoms with Crippen LogP contribution in [0, 0.1) is 11.8 Å². The summed E-state index contributed by atoms with van der Waals surface area (Å²) in [6, 6.07) is 1.65. The van der Waals surface area contributed by atoms with Gasteiger partial charge in [0.25, 0.3) is 0 Å². The van der Waals surface area contributed by atoms with Crippen molar-refractivity contribution in [2.24, 2.45) is 11.8 Å². The van der Waals surface area contributed by atoms with E-state index in [1.165, 1.54) is 20.1 Å². The molecule has 0 aliphatic heterocycles. The van der Waals surface area contributed by atoms with Gasteiger partial charge >= 0.3 is 11.9 Å². The molecule has 2 aliphatic rings. The summed E-state index contributed by atoms with van der Waals surface area (Å²) in [6.07, 6.45) is 2.57. The Morgan fingerprint density at radius 1 is 1.36 bits per heavy atom. The first kappa shape index (κ1) is 17.7. The molecule has 2 aliphatic carbocycles. The molecule has 0 radical (unpaired) electrons. The van der Waals surface area contributed by atoms with E-state index in [0.29, 0.717) is 46.2 Å². The van der Waals surface area contributed by atoms with Crippen molar-refractivity contribution in [2.45, 2.75) is 26.2 Å². The van der Waals surface area contributed by atoms with Crippen LogP contribution in [0.5, 0.6) is 11.5 Å². The molecule has 0 fully saturated rings. The van der Waals surface area contributed by atoms with E-state index in [2.05, 4.69) is 15.9 Å².